The van der Waals surface area contributed by atoms with Crippen molar-refractivity contribution in [3.8, 4) is 0 Å². The molecule has 0 unspecified atom stereocenters. The number of esters is 1. The van der Waals surface area contributed by atoms with Gasteiger partial charge in [-0.2, -0.15) is 0 Å². The number of hydrogen-bond donors (Lipinski definition) is 1. The lowest BCUT2D eigenvalue weighted by Crippen LogP contribution is -2.28. The molecule has 0 saturated carbocycles. The second-order valence-corrected chi connectivity index (χ2v) is 6.32. The topological polar surface area (TPSA) is 47.6 Å². The number of halogens is 1. The summed E-state index contributed by atoms with van der Waals surface area (Å²) in [4.78, 5) is 12.3. The molecule has 1 aliphatic rings. The first kappa shape index (κ1) is 17.8. The molecule has 0 bridgehead atoms. The fourth-order valence-corrected chi connectivity index (χ4v) is 3.04. The summed E-state index contributed by atoms with van der Waals surface area (Å²) in [5.74, 6) is 0.233. The molecule has 0 radical (unpaired) electrons. The Labute approximate surface area is 142 Å². The minimum Gasteiger partial charge on any atom is -0.465 e. The zero-order valence-electron chi connectivity index (χ0n) is 13.9. The maximum absolute atomic E-state index is 12.3. The van der Waals surface area contributed by atoms with Gasteiger partial charge in [-0.3, -0.25) is 0 Å². The van der Waals surface area contributed by atoms with Crippen molar-refractivity contribution in [1.29, 1.82) is 0 Å². The molecule has 1 N–H and O–H groups in total. The van der Waals surface area contributed by atoms with Gasteiger partial charge in [0, 0.05) is 30.5 Å². The van der Waals surface area contributed by atoms with E-state index in [1.165, 1.54) is 7.11 Å². The number of allylic oxidation sites excluding steroid dienone is 1. The number of carbonyl (C=O) groups is 1. The third-order valence-corrected chi connectivity index (χ3v) is 4.45. The van der Waals surface area contributed by atoms with Crippen LogP contribution in [0.15, 0.2) is 23.9 Å². The number of aryl methyl sites for hydroxylation is 1. The Morgan fingerprint density at radius 2 is 2.09 bits per heavy atom. The van der Waals surface area contributed by atoms with E-state index < -0.39 is 0 Å². The smallest absolute Gasteiger partial charge is 0.340 e. The summed E-state index contributed by atoms with van der Waals surface area (Å²) >= 11 is 6.02. The number of benzene rings is 1. The molecule has 0 amide bonds. The Bertz CT molecular complexity index is 592. The Balaban J connectivity index is 2.23. The lowest BCUT2D eigenvalue weighted by molar-refractivity contribution is -0.133. The zero-order chi connectivity index (χ0) is 16.8. The molecule has 4 nitrogen and oxygen atoms in total. The van der Waals surface area contributed by atoms with E-state index in [1.807, 2.05) is 26.0 Å². The van der Waals surface area contributed by atoms with E-state index in [1.54, 1.807) is 6.07 Å². The molecule has 0 aromatic heterocycles. The summed E-state index contributed by atoms with van der Waals surface area (Å²) in [6, 6.07) is 5.51. The molecule has 2 rings (SSSR count). The van der Waals surface area contributed by atoms with Gasteiger partial charge in [-0.25, -0.2) is 4.79 Å². The third kappa shape index (κ3) is 4.72. The predicted molar refractivity (Wildman–Crippen MR) is 92.3 cm³/mol. The van der Waals surface area contributed by atoms with E-state index in [-0.39, 0.29) is 5.97 Å². The highest BCUT2D eigenvalue weighted by atomic mass is 35.5. The first-order valence-corrected chi connectivity index (χ1v) is 8.28. The van der Waals surface area contributed by atoms with Crippen LogP contribution in [0.1, 0.15) is 30.9 Å². The van der Waals surface area contributed by atoms with Crippen LogP contribution in [0.25, 0.3) is 5.57 Å². The predicted octanol–water partition coefficient (Wildman–Crippen LogP) is 3.57. The van der Waals surface area contributed by atoms with Crippen LogP contribution < -0.4 is 5.32 Å². The molecule has 0 atom stereocenters. The molecule has 1 saturated heterocycles. The highest BCUT2D eigenvalue weighted by Crippen LogP contribution is 2.25. The Morgan fingerprint density at radius 1 is 1.39 bits per heavy atom. The van der Waals surface area contributed by atoms with Crippen molar-refractivity contribution in [3.05, 3.63) is 40.0 Å². The van der Waals surface area contributed by atoms with Crippen LogP contribution in [0.3, 0.4) is 0 Å². The van der Waals surface area contributed by atoms with Gasteiger partial charge in [0.1, 0.15) is 0 Å². The summed E-state index contributed by atoms with van der Waals surface area (Å²) in [6.07, 6.45) is 2.10. The largest absolute Gasteiger partial charge is 0.465 e. The minimum atomic E-state index is -0.340. The van der Waals surface area contributed by atoms with Gasteiger partial charge in [0.05, 0.1) is 12.7 Å². The molecule has 1 aliphatic heterocycles. The minimum absolute atomic E-state index is 0.340. The van der Waals surface area contributed by atoms with Crippen LogP contribution in [-0.2, 0) is 14.3 Å². The van der Waals surface area contributed by atoms with Crippen molar-refractivity contribution in [2.24, 2.45) is 5.92 Å². The lowest BCUT2D eigenvalue weighted by atomic mass is 9.97. The lowest BCUT2D eigenvalue weighted by Gasteiger charge is -2.23. The van der Waals surface area contributed by atoms with Gasteiger partial charge in [-0.05, 0) is 55.9 Å². The second kappa shape index (κ2) is 8.37. The number of rotatable bonds is 5. The van der Waals surface area contributed by atoms with Crippen LogP contribution in [0.5, 0.6) is 0 Å². The van der Waals surface area contributed by atoms with Crippen LogP contribution in [0.2, 0.25) is 5.02 Å². The molecule has 126 valence electrons. The third-order valence-electron chi connectivity index (χ3n) is 4.22. The van der Waals surface area contributed by atoms with Gasteiger partial charge in [0.15, 0.2) is 0 Å². The van der Waals surface area contributed by atoms with Gasteiger partial charge in [0.2, 0.25) is 0 Å². The number of nitrogens with one attached hydrogen (secondary N) is 1. The first-order valence-electron chi connectivity index (χ1n) is 7.90. The van der Waals surface area contributed by atoms with Crippen molar-refractivity contribution in [2.45, 2.75) is 26.7 Å². The summed E-state index contributed by atoms with van der Waals surface area (Å²) in [7, 11) is 1.40. The number of methoxy groups -OCH3 is 1. The van der Waals surface area contributed by atoms with E-state index in [9.17, 15) is 4.79 Å². The Morgan fingerprint density at radius 3 is 2.70 bits per heavy atom. The van der Waals surface area contributed by atoms with E-state index in [2.05, 4.69) is 5.32 Å². The molecular weight excluding hydrogens is 314 g/mol. The molecule has 1 aromatic rings. The molecule has 1 aromatic carbocycles. The van der Waals surface area contributed by atoms with Gasteiger partial charge < -0.3 is 14.8 Å². The van der Waals surface area contributed by atoms with Gasteiger partial charge >= 0.3 is 5.97 Å². The molecule has 23 heavy (non-hydrogen) atoms. The highest BCUT2D eigenvalue weighted by Gasteiger charge is 2.19. The number of hydrogen-bond acceptors (Lipinski definition) is 4. The molecule has 1 fully saturated rings. The molecular formula is C18H24ClNO3. The van der Waals surface area contributed by atoms with Crippen molar-refractivity contribution in [2.75, 3.05) is 26.9 Å². The maximum atomic E-state index is 12.3. The van der Waals surface area contributed by atoms with E-state index in [0.29, 0.717) is 16.5 Å². The molecule has 0 aliphatic carbocycles. The Kier molecular flexibility index (Phi) is 6.48. The normalized spacial score (nSPS) is 16.7. The van der Waals surface area contributed by atoms with Crippen molar-refractivity contribution in [3.63, 3.8) is 0 Å². The van der Waals surface area contributed by atoms with E-state index in [0.717, 1.165) is 49.4 Å². The fraction of sp³-hybridized carbons (Fsp3) is 0.500. The summed E-state index contributed by atoms with van der Waals surface area (Å²) in [5.41, 5.74) is 3.19. The summed E-state index contributed by atoms with van der Waals surface area (Å²) in [6.45, 7) is 6.32. The first-order chi connectivity index (χ1) is 11.0. The summed E-state index contributed by atoms with van der Waals surface area (Å²) < 4.78 is 10.4. The SMILES string of the molecule is COC(=O)/C(=C(\C)NCC1CCOCC1)c1ccc(Cl)cc1C. The van der Waals surface area contributed by atoms with Gasteiger partial charge in [-0.1, -0.05) is 17.7 Å². The van der Waals surface area contributed by atoms with E-state index >= 15 is 0 Å². The highest BCUT2D eigenvalue weighted by molar-refractivity contribution is 6.30. The summed E-state index contributed by atoms with van der Waals surface area (Å²) in [5, 5.41) is 4.05. The van der Waals surface area contributed by atoms with Crippen molar-refractivity contribution < 1.29 is 14.3 Å². The van der Waals surface area contributed by atoms with Crippen LogP contribution in [0.4, 0.5) is 0 Å². The average Bonchev–Trinajstić information content (AvgIpc) is 2.56. The van der Waals surface area contributed by atoms with Crippen LogP contribution >= 0.6 is 11.6 Å². The standard InChI is InChI=1S/C18H24ClNO3/c1-12-10-15(19)4-5-16(12)17(18(21)22-3)13(2)20-11-14-6-8-23-9-7-14/h4-5,10,14,20H,6-9,11H2,1-3H3/b17-13+. The fourth-order valence-electron chi connectivity index (χ4n) is 2.81. The Hall–Kier alpha value is -1.52. The molecule has 1 heterocycles. The maximum Gasteiger partial charge on any atom is 0.340 e. The quantitative estimate of drug-likeness (QED) is 0.659. The number of carbonyl (C=O) groups excluding carboxylic acids is 1. The van der Waals surface area contributed by atoms with Gasteiger partial charge in [0.25, 0.3) is 0 Å². The molecule has 0 spiro atoms. The number of ether oxygens (including phenoxy) is 2. The van der Waals surface area contributed by atoms with Crippen LogP contribution in [-0.4, -0.2) is 32.8 Å². The second-order valence-electron chi connectivity index (χ2n) is 5.89. The zero-order valence-corrected chi connectivity index (χ0v) is 14.7. The van der Waals surface area contributed by atoms with E-state index in [4.69, 9.17) is 21.1 Å². The van der Waals surface area contributed by atoms with Gasteiger partial charge in [-0.15, -0.1) is 0 Å². The monoisotopic (exact) mass is 337 g/mol. The molecule has 5 heteroatoms. The van der Waals surface area contributed by atoms with Crippen molar-refractivity contribution >= 4 is 23.1 Å². The average molecular weight is 338 g/mol. The van der Waals surface area contributed by atoms with Crippen molar-refractivity contribution in [1.82, 2.24) is 5.32 Å². The van der Waals surface area contributed by atoms with Crippen LogP contribution in [0, 0.1) is 12.8 Å².